The highest BCUT2D eigenvalue weighted by Crippen LogP contribution is 2.30. The largest absolute Gasteiger partial charge is 0.376 e. The molecular formula is C17H29N5O2. The van der Waals surface area contributed by atoms with Crippen LogP contribution < -0.4 is 5.32 Å². The van der Waals surface area contributed by atoms with E-state index in [2.05, 4.69) is 38.8 Å². The zero-order valence-electron chi connectivity index (χ0n) is 14.8. The van der Waals surface area contributed by atoms with E-state index in [1.54, 1.807) is 0 Å². The highest BCUT2D eigenvalue weighted by molar-refractivity contribution is 5.78. The molecular weight excluding hydrogens is 306 g/mol. The fourth-order valence-corrected chi connectivity index (χ4v) is 3.64. The summed E-state index contributed by atoms with van der Waals surface area (Å²) in [5, 5.41) is 11.4. The number of rotatable bonds is 7. The maximum absolute atomic E-state index is 12.3. The lowest BCUT2D eigenvalue weighted by Crippen LogP contribution is -2.40. The van der Waals surface area contributed by atoms with Gasteiger partial charge in [0.05, 0.1) is 18.7 Å². The van der Waals surface area contributed by atoms with Crippen molar-refractivity contribution < 1.29 is 9.53 Å². The molecule has 0 radical (unpaired) electrons. The first-order valence-electron chi connectivity index (χ1n) is 9.13. The third-order valence-corrected chi connectivity index (χ3v) is 4.77. The fourth-order valence-electron chi connectivity index (χ4n) is 3.64. The standard InChI is InChI=1S/C17H29N5O2/c1-13(2)10-22-12-19-20-17(22)15-6-3-7-21(15)11-16(23)18-9-14-5-4-8-24-14/h12-15H,3-11H2,1-2H3,(H,18,23). The quantitative estimate of drug-likeness (QED) is 0.815. The average molecular weight is 335 g/mol. The number of carbonyl (C=O) groups excluding carboxylic acids is 1. The van der Waals surface area contributed by atoms with E-state index in [0.717, 1.165) is 51.2 Å². The van der Waals surface area contributed by atoms with Crippen LogP contribution in [0.15, 0.2) is 6.33 Å². The average Bonchev–Trinajstić information content (AvgIpc) is 3.25. The number of carbonyl (C=O) groups is 1. The maximum atomic E-state index is 12.3. The van der Waals surface area contributed by atoms with Crippen molar-refractivity contribution in [3.63, 3.8) is 0 Å². The molecule has 0 aromatic carbocycles. The third-order valence-electron chi connectivity index (χ3n) is 4.77. The summed E-state index contributed by atoms with van der Waals surface area (Å²) in [4.78, 5) is 14.5. The molecule has 3 heterocycles. The zero-order valence-corrected chi connectivity index (χ0v) is 14.8. The summed E-state index contributed by atoms with van der Waals surface area (Å²) in [6.45, 7) is 8.10. The summed E-state index contributed by atoms with van der Waals surface area (Å²) in [6.07, 6.45) is 6.28. The van der Waals surface area contributed by atoms with E-state index in [1.165, 1.54) is 0 Å². The molecule has 1 amide bonds. The summed E-state index contributed by atoms with van der Waals surface area (Å²) in [7, 11) is 0. The predicted molar refractivity (Wildman–Crippen MR) is 90.4 cm³/mol. The van der Waals surface area contributed by atoms with Crippen LogP contribution in [0.4, 0.5) is 0 Å². The summed E-state index contributed by atoms with van der Waals surface area (Å²) in [5.74, 6) is 1.62. The molecule has 3 rings (SSSR count). The number of amides is 1. The fraction of sp³-hybridized carbons (Fsp3) is 0.824. The molecule has 2 atom stereocenters. The van der Waals surface area contributed by atoms with E-state index in [0.29, 0.717) is 19.0 Å². The lowest BCUT2D eigenvalue weighted by Gasteiger charge is -2.24. The van der Waals surface area contributed by atoms with Gasteiger partial charge in [0.25, 0.3) is 0 Å². The van der Waals surface area contributed by atoms with Crippen molar-refractivity contribution in [2.45, 2.75) is 58.2 Å². The first-order chi connectivity index (χ1) is 11.6. The summed E-state index contributed by atoms with van der Waals surface area (Å²) in [6, 6.07) is 0.194. The number of ether oxygens (including phenoxy) is 1. The molecule has 7 nitrogen and oxygen atoms in total. The Hall–Kier alpha value is -1.47. The molecule has 2 fully saturated rings. The molecule has 1 N–H and O–H groups in total. The van der Waals surface area contributed by atoms with Crippen LogP contribution in [0.5, 0.6) is 0 Å². The minimum Gasteiger partial charge on any atom is -0.376 e. The number of hydrogen-bond donors (Lipinski definition) is 1. The number of nitrogens with one attached hydrogen (secondary N) is 1. The molecule has 0 aliphatic carbocycles. The van der Waals surface area contributed by atoms with Crippen molar-refractivity contribution in [1.29, 1.82) is 0 Å². The van der Waals surface area contributed by atoms with E-state index in [-0.39, 0.29) is 18.1 Å². The molecule has 0 spiro atoms. The van der Waals surface area contributed by atoms with Crippen LogP contribution in [-0.2, 0) is 16.1 Å². The summed E-state index contributed by atoms with van der Waals surface area (Å²) in [5.41, 5.74) is 0. The van der Waals surface area contributed by atoms with E-state index in [9.17, 15) is 4.79 Å². The molecule has 2 saturated heterocycles. The second-order valence-electron chi connectivity index (χ2n) is 7.30. The van der Waals surface area contributed by atoms with Crippen LogP contribution in [0, 0.1) is 5.92 Å². The second kappa shape index (κ2) is 8.07. The molecule has 0 bridgehead atoms. The number of hydrogen-bond acceptors (Lipinski definition) is 5. The maximum Gasteiger partial charge on any atom is 0.234 e. The van der Waals surface area contributed by atoms with Crippen LogP contribution in [0.1, 0.15) is 51.4 Å². The van der Waals surface area contributed by atoms with Gasteiger partial charge in [0.2, 0.25) is 5.91 Å². The summed E-state index contributed by atoms with van der Waals surface area (Å²) < 4.78 is 7.69. The first kappa shape index (κ1) is 17.4. The van der Waals surface area contributed by atoms with Gasteiger partial charge in [-0.3, -0.25) is 9.69 Å². The van der Waals surface area contributed by atoms with Crippen LogP contribution in [0.25, 0.3) is 0 Å². The van der Waals surface area contributed by atoms with Gasteiger partial charge in [-0.25, -0.2) is 0 Å². The second-order valence-corrected chi connectivity index (χ2v) is 7.30. The molecule has 7 heteroatoms. The minimum absolute atomic E-state index is 0.0762. The normalized spacial score (nSPS) is 24.8. The number of likely N-dealkylation sites (tertiary alicyclic amines) is 1. The molecule has 2 aliphatic heterocycles. The van der Waals surface area contributed by atoms with Crippen molar-refractivity contribution in [2.24, 2.45) is 5.92 Å². The molecule has 1 aromatic heterocycles. The number of nitrogens with zero attached hydrogens (tertiary/aromatic N) is 4. The van der Waals surface area contributed by atoms with Gasteiger partial charge in [-0.1, -0.05) is 13.8 Å². The van der Waals surface area contributed by atoms with E-state index < -0.39 is 0 Å². The van der Waals surface area contributed by atoms with Crippen LogP contribution in [-0.4, -0.2) is 57.9 Å². The highest BCUT2D eigenvalue weighted by atomic mass is 16.5. The van der Waals surface area contributed by atoms with Gasteiger partial charge in [0, 0.05) is 19.7 Å². The number of aromatic nitrogens is 3. The van der Waals surface area contributed by atoms with Gasteiger partial charge in [0.15, 0.2) is 0 Å². The van der Waals surface area contributed by atoms with Crippen LogP contribution in [0.3, 0.4) is 0 Å². The Kier molecular flexibility index (Phi) is 5.84. The van der Waals surface area contributed by atoms with Crippen molar-refractivity contribution in [2.75, 3.05) is 26.2 Å². The Labute approximate surface area is 143 Å². The van der Waals surface area contributed by atoms with Crippen LogP contribution >= 0.6 is 0 Å². The topological polar surface area (TPSA) is 72.3 Å². The van der Waals surface area contributed by atoms with Gasteiger partial charge < -0.3 is 14.6 Å². The van der Waals surface area contributed by atoms with Crippen molar-refractivity contribution in [3.05, 3.63) is 12.2 Å². The van der Waals surface area contributed by atoms with Gasteiger partial charge in [-0.2, -0.15) is 0 Å². The molecule has 2 aliphatic rings. The van der Waals surface area contributed by atoms with E-state index >= 15 is 0 Å². The highest BCUT2D eigenvalue weighted by Gasteiger charge is 2.31. The van der Waals surface area contributed by atoms with Gasteiger partial charge in [-0.05, 0) is 38.1 Å². The van der Waals surface area contributed by atoms with E-state index in [1.807, 2.05) is 6.33 Å². The molecule has 134 valence electrons. The Balaban J connectivity index is 1.55. The molecule has 2 unspecified atom stereocenters. The Morgan fingerprint density at radius 2 is 2.29 bits per heavy atom. The Morgan fingerprint density at radius 3 is 3.04 bits per heavy atom. The van der Waals surface area contributed by atoms with Gasteiger partial charge in [0.1, 0.15) is 12.2 Å². The van der Waals surface area contributed by atoms with Crippen molar-refractivity contribution in [3.8, 4) is 0 Å². The Bertz CT molecular complexity index is 539. The SMILES string of the molecule is CC(C)Cn1cnnc1C1CCCN1CC(=O)NCC1CCCO1. The van der Waals surface area contributed by atoms with E-state index in [4.69, 9.17) is 4.74 Å². The smallest absolute Gasteiger partial charge is 0.234 e. The van der Waals surface area contributed by atoms with Crippen molar-refractivity contribution in [1.82, 2.24) is 25.0 Å². The Morgan fingerprint density at radius 1 is 1.42 bits per heavy atom. The lowest BCUT2D eigenvalue weighted by atomic mass is 10.2. The summed E-state index contributed by atoms with van der Waals surface area (Å²) >= 11 is 0. The third kappa shape index (κ3) is 4.33. The minimum atomic E-state index is 0.0762. The first-order valence-corrected chi connectivity index (χ1v) is 9.13. The molecule has 0 saturated carbocycles. The molecule has 24 heavy (non-hydrogen) atoms. The van der Waals surface area contributed by atoms with Gasteiger partial charge >= 0.3 is 0 Å². The molecule has 1 aromatic rings. The van der Waals surface area contributed by atoms with Crippen LogP contribution in [0.2, 0.25) is 0 Å². The monoisotopic (exact) mass is 335 g/mol. The van der Waals surface area contributed by atoms with Crippen molar-refractivity contribution >= 4 is 5.91 Å². The lowest BCUT2D eigenvalue weighted by molar-refractivity contribution is -0.123. The predicted octanol–water partition coefficient (Wildman–Crippen LogP) is 1.37. The zero-order chi connectivity index (χ0) is 16.9. The van der Waals surface area contributed by atoms with Gasteiger partial charge in [-0.15, -0.1) is 10.2 Å².